The van der Waals surface area contributed by atoms with Gasteiger partial charge in [-0.2, -0.15) is 8.78 Å². The maximum absolute atomic E-state index is 12.2. The Balaban J connectivity index is 2.17. The maximum atomic E-state index is 12.2. The van der Waals surface area contributed by atoms with Crippen LogP contribution in [0.5, 0.6) is 0 Å². The van der Waals surface area contributed by atoms with Crippen molar-refractivity contribution in [2.24, 2.45) is 0 Å². The summed E-state index contributed by atoms with van der Waals surface area (Å²) < 4.78 is 24.4. The molecule has 0 heterocycles. The summed E-state index contributed by atoms with van der Waals surface area (Å²) in [5, 5.41) is 0. The van der Waals surface area contributed by atoms with Crippen molar-refractivity contribution in [2.45, 2.75) is 24.0 Å². The average molecular weight is 264 g/mol. The monoisotopic (exact) mass is 264 g/mol. The first-order valence-electron chi connectivity index (χ1n) is 5.83. The molecular weight excluding hydrogens is 250 g/mol. The zero-order valence-corrected chi connectivity index (χ0v) is 10.9. The normalized spacial score (nSPS) is 10.9. The molecule has 2 aromatic carbocycles. The molecule has 0 spiro atoms. The summed E-state index contributed by atoms with van der Waals surface area (Å²) in [6.07, 6.45) is 1.02. The zero-order chi connectivity index (χ0) is 13.0. The van der Waals surface area contributed by atoms with Crippen molar-refractivity contribution in [1.29, 1.82) is 0 Å². The molecule has 0 aliphatic rings. The van der Waals surface area contributed by atoms with E-state index in [2.05, 4.69) is 31.2 Å². The number of hydrogen-bond donors (Lipinski definition) is 0. The number of benzene rings is 2. The van der Waals surface area contributed by atoms with Crippen LogP contribution >= 0.6 is 11.8 Å². The second kappa shape index (κ2) is 6.01. The highest BCUT2D eigenvalue weighted by molar-refractivity contribution is 7.99. The third kappa shape index (κ3) is 3.33. The fourth-order valence-electron chi connectivity index (χ4n) is 1.76. The largest absolute Gasteiger partial charge is 0.288 e. The Hall–Kier alpha value is -1.35. The number of rotatable bonds is 4. The van der Waals surface area contributed by atoms with Gasteiger partial charge in [0.25, 0.3) is 5.76 Å². The summed E-state index contributed by atoms with van der Waals surface area (Å²) in [5.74, 6) is -2.36. The van der Waals surface area contributed by atoms with Crippen molar-refractivity contribution in [1.82, 2.24) is 0 Å². The number of thioether (sulfide) groups is 1. The Morgan fingerprint density at radius 2 is 1.39 bits per heavy atom. The van der Waals surface area contributed by atoms with Gasteiger partial charge in [0.1, 0.15) is 0 Å². The van der Waals surface area contributed by atoms with Crippen LogP contribution < -0.4 is 0 Å². The summed E-state index contributed by atoms with van der Waals surface area (Å²) in [7, 11) is 0. The Labute approximate surface area is 110 Å². The van der Waals surface area contributed by atoms with Crippen molar-refractivity contribution < 1.29 is 8.78 Å². The average Bonchev–Trinajstić information content (AvgIpc) is 2.39. The van der Waals surface area contributed by atoms with Crippen molar-refractivity contribution in [2.75, 3.05) is 0 Å². The van der Waals surface area contributed by atoms with Gasteiger partial charge < -0.3 is 0 Å². The van der Waals surface area contributed by atoms with Gasteiger partial charge in [-0.15, -0.1) is 0 Å². The molecule has 3 heteroatoms. The molecule has 0 atom stereocenters. The molecule has 94 valence electrons. The first kappa shape index (κ1) is 13.1. The summed E-state index contributed by atoms with van der Waals surface area (Å²) in [5.41, 5.74) is 3.46. The molecule has 0 fully saturated rings. The minimum absolute atomic E-state index is 0.575. The highest BCUT2D eigenvalue weighted by Crippen LogP contribution is 2.28. The SMILES string of the molecule is CCc1ccc(-c2ccc(SC(F)F)cc2)cc1. The smallest absolute Gasteiger partial charge is 0.198 e. The van der Waals surface area contributed by atoms with E-state index in [0.717, 1.165) is 17.5 Å². The lowest BCUT2D eigenvalue weighted by atomic mass is 10.0. The molecule has 0 saturated heterocycles. The number of alkyl halides is 2. The van der Waals surface area contributed by atoms with E-state index in [1.54, 1.807) is 12.1 Å². The first-order valence-corrected chi connectivity index (χ1v) is 6.71. The van der Waals surface area contributed by atoms with E-state index >= 15 is 0 Å². The fraction of sp³-hybridized carbons (Fsp3) is 0.200. The molecule has 0 radical (unpaired) electrons. The number of halogens is 2. The van der Waals surface area contributed by atoms with Crippen LogP contribution in [0.25, 0.3) is 11.1 Å². The highest BCUT2D eigenvalue weighted by Gasteiger charge is 2.05. The van der Waals surface area contributed by atoms with Gasteiger partial charge in [-0.05, 0) is 35.2 Å². The Morgan fingerprint density at radius 1 is 0.889 bits per heavy atom. The van der Waals surface area contributed by atoms with Crippen LogP contribution in [0.1, 0.15) is 12.5 Å². The van der Waals surface area contributed by atoms with E-state index in [1.165, 1.54) is 5.56 Å². The van der Waals surface area contributed by atoms with Crippen LogP contribution in [0.3, 0.4) is 0 Å². The van der Waals surface area contributed by atoms with E-state index in [0.29, 0.717) is 16.7 Å². The van der Waals surface area contributed by atoms with E-state index < -0.39 is 5.76 Å². The van der Waals surface area contributed by atoms with Gasteiger partial charge >= 0.3 is 0 Å². The molecule has 18 heavy (non-hydrogen) atoms. The lowest BCUT2D eigenvalue weighted by Gasteiger charge is -2.05. The molecule has 0 saturated carbocycles. The minimum atomic E-state index is -2.36. The number of aryl methyl sites for hydroxylation is 1. The molecule has 0 nitrogen and oxygen atoms in total. The van der Waals surface area contributed by atoms with E-state index in [9.17, 15) is 8.78 Å². The van der Waals surface area contributed by atoms with Crippen molar-refractivity contribution in [3.63, 3.8) is 0 Å². The lowest BCUT2D eigenvalue weighted by molar-refractivity contribution is 0.252. The summed E-state index contributed by atoms with van der Waals surface area (Å²) >= 11 is 0.575. The topological polar surface area (TPSA) is 0 Å². The van der Waals surface area contributed by atoms with Crippen LogP contribution in [-0.4, -0.2) is 5.76 Å². The van der Waals surface area contributed by atoms with Crippen molar-refractivity contribution >= 4 is 11.8 Å². The highest BCUT2D eigenvalue weighted by atomic mass is 32.2. The molecule has 0 bridgehead atoms. The molecule has 0 aromatic heterocycles. The summed E-state index contributed by atoms with van der Waals surface area (Å²) in [6.45, 7) is 2.12. The molecule has 0 unspecified atom stereocenters. The third-order valence-corrected chi connectivity index (χ3v) is 3.50. The molecule has 0 aliphatic carbocycles. The van der Waals surface area contributed by atoms with Crippen LogP contribution in [0, 0.1) is 0 Å². The van der Waals surface area contributed by atoms with E-state index in [1.807, 2.05) is 12.1 Å². The van der Waals surface area contributed by atoms with E-state index in [-0.39, 0.29) is 0 Å². The maximum Gasteiger partial charge on any atom is 0.288 e. The summed E-state index contributed by atoms with van der Waals surface area (Å²) in [4.78, 5) is 0.596. The van der Waals surface area contributed by atoms with Crippen molar-refractivity contribution in [3.05, 3.63) is 54.1 Å². The Bertz CT molecular complexity index is 489. The minimum Gasteiger partial charge on any atom is -0.198 e. The van der Waals surface area contributed by atoms with Crippen LogP contribution in [-0.2, 0) is 6.42 Å². The van der Waals surface area contributed by atoms with E-state index in [4.69, 9.17) is 0 Å². The summed E-state index contributed by atoms with van der Waals surface area (Å²) in [6, 6.07) is 15.5. The first-order chi connectivity index (χ1) is 8.69. The van der Waals surface area contributed by atoms with Crippen LogP contribution in [0.15, 0.2) is 53.4 Å². The molecule has 0 amide bonds. The van der Waals surface area contributed by atoms with Crippen LogP contribution in [0.4, 0.5) is 8.78 Å². The van der Waals surface area contributed by atoms with Crippen LogP contribution in [0.2, 0.25) is 0 Å². The van der Waals surface area contributed by atoms with Gasteiger partial charge in [0.15, 0.2) is 0 Å². The standard InChI is InChI=1S/C15H14F2S/c1-2-11-3-5-12(6-4-11)13-7-9-14(10-8-13)18-15(16)17/h3-10,15H,2H2,1H3. The Kier molecular flexibility index (Phi) is 4.37. The number of hydrogen-bond acceptors (Lipinski definition) is 1. The van der Waals surface area contributed by atoms with Gasteiger partial charge in [0, 0.05) is 4.90 Å². The fourth-order valence-corrected chi connectivity index (χ4v) is 2.26. The quantitative estimate of drug-likeness (QED) is 0.681. The molecule has 0 aliphatic heterocycles. The van der Waals surface area contributed by atoms with Gasteiger partial charge in [-0.3, -0.25) is 0 Å². The molecular formula is C15H14F2S. The molecule has 0 N–H and O–H groups in total. The van der Waals surface area contributed by atoms with Gasteiger partial charge in [0.2, 0.25) is 0 Å². The molecule has 2 aromatic rings. The van der Waals surface area contributed by atoms with Gasteiger partial charge in [-0.1, -0.05) is 55.1 Å². The zero-order valence-electron chi connectivity index (χ0n) is 10.1. The van der Waals surface area contributed by atoms with Gasteiger partial charge in [-0.25, -0.2) is 0 Å². The second-order valence-corrected chi connectivity index (χ2v) is 5.02. The van der Waals surface area contributed by atoms with Gasteiger partial charge in [0.05, 0.1) is 0 Å². The predicted octanol–water partition coefficient (Wildman–Crippen LogP) is 5.23. The lowest BCUT2D eigenvalue weighted by Crippen LogP contribution is -1.83. The molecule has 2 rings (SSSR count). The third-order valence-electron chi connectivity index (χ3n) is 2.78. The Morgan fingerprint density at radius 3 is 1.83 bits per heavy atom. The second-order valence-electron chi connectivity index (χ2n) is 3.95. The van der Waals surface area contributed by atoms with Crippen molar-refractivity contribution in [3.8, 4) is 11.1 Å². The predicted molar refractivity (Wildman–Crippen MR) is 73.1 cm³/mol.